The van der Waals surface area contributed by atoms with Crippen LogP contribution in [0.25, 0.3) is 0 Å². The van der Waals surface area contributed by atoms with Crippen LogP contribution in [0.15, 0.2) is 66.9 Å². The molecule has 2 saturated heterocycles. The van der Waals surface area contributed by atoms with Gasteiger partial charge in [0.15, 0.2) is 5.78 Å². The molecule has 2 fully saturated rings. The summed E-state index contributed by atoms with van der Waals surface area (Å²) in [5.41, 5.74) is 0.900. The number of amides is 2. The van der Waals surface area contributed by atoms with Crippen molar-refractivity contribution in [2.24, 2.45) is 0 Å². The first-order valence-electron chi connectivity index (χ1n) is 14.0. The van der Waals surface area contributed by atoms with Crippen molar-refractivity contribution in [1.82, 2.24) is 20.6 Å². The van der Waals surface area contributed by atoms with Crippen molar-refractivity contribution in [2.45, 2.75) is 37.5 Å². The van der Waals surface area contributed by atoms with E-state index in [1.54, 1.807) is 26.2 Å². The Balaban J connectivity index is 1.37. The lowest BCUT2D eigenvalue weighted by Crippen LogP contribution is -2.55. The number of ketones is 1. The van der Waals surface area contributed by atoms with Crippen molar-refractivity contribution < 1.29 is 28.6 Å². The Morgan fingerprint density at radius 1 is 0.952 bits per heavy atom. The predicted molar refractivity (Wildman–Crippen MR) is 154 cm³/mol. The average Bonchev–Trinajstić information content (AvgIpc) is 3.79. The van der Waals surface area contributed by atoms with Crippen LogP contribution in [-0.2, 0) is 31.9 Å². The number of nitrogens with zero attached hydrogens (tertiary/aromatic N) is 3. The minimum absolute atomic E-state index is 0.134. The first-order chi connectivity index (χ1) is 20.3. The fourth-order valence-electron chi connectivity index (χ4n) is 4.78. The van der Waals surface area contributed by atoms with Gasteiger partial charge in [0, 0.05) is 25.7 Å². The molecule has 11 nitrogen and oxygen atoms in total. The van der Waals surface area contributed by atoms with E-state index in [0.717, 1.165) is 11.1 Å². The maximum Gasteiger partial charge on any atom is 0.270 e. The molecule has 3 heterocycles. The van der Waals surface area contributed by atoms with Crippen molar-refractivity contribution in [3.8, 4) is 5.75 Å². The number of hydrogen-bond acceptors (Lipinski definition) is 9. The number of anilines is 1. The van der Waals surface area contributed by atoms with E-state index >= 15 is 0 Å². The monoisotopic (exact) mass is 573 g/mol. The number of carbonyl (C=O) groups is 3. The van der Waals surface area contributed by atoms with E-state index in [2.05, 4.69) is 20.6 Å². The highest BCUT2D eigenvalue weighted by atomic mass is 16.6. The second kappa shape index (κ2) is 13.1. The maximum atomic E-state index is 13.8. The van der Waals surface area contributed by atoms with Crippen LogP contribution in [0, 0.1) is 0 Å². The Morgan fingerprint density at radius 3 is 2.29 bits per heavy atom. The highest BCUT2D eigenvalue weighted by molar-refractivity contribution is 5.99. The van der Waals surface area contributed by atoms with Crippen LogP contribution >= 0.6 is 0 Å². The smallest absolute Gasteiger partial charge is 0.270 e. The third-order valence-corrected chi connectivity index (χ3v) is 7.40. The summed E-state index contributed by atoms with van der Waals surface area (Å²) in [7, 11) is 1.58. The van der Waals surface area contributed by atoms with Gasteiger partial charge in [-0.1, -0.05) is 42.5 Å². The maximum absolute atomic E-state index is 13.8. The zero-order valence-electron chi connectivity index (χ0n) is 23.7. The molecule has 11 heteroatoms. The number of Topliss-reactive ketones (excluding diaryl/α,β-unsaturated/α-hetero) is 1. The Morgan fingerprint density at radius 2 is 1.62 bits per heavy atom. The van der Waals surface area contributed by atoms with Crippen molar-refractivity contribution in [3.05, 3.63) is 83.7 Å². The first-order valence-corrected chi connectivity index (χ1v) is 14.0. The van der Waals surface area contributed by atoms with Crippen molar-refractivity contribution >= 4 is 23.5 Å². The van der Waals surface area contributed by atoms with E-state index in [9.17, 15) is 14.4 Å². The van der Waals surface area contributed by atoms with Gasteiger partial charge in [0.05, 0.1) is 33.0 Å². The van der Waals surface area contributed by atoms with Gasteiger partial charge in [-0.15, -0.1) is 0 Å². The van der Waals surface area contributed by atoms with Crippen molar-refractivity contribution in [1.29, 1.82) is 0 Å². The number of morpholine rings is 1. The second-order valence-electron chi connectivity index (χ2n) is 10.6. The predicted octanol–water partition coefficient (Wildman–Crippen LogP) is 1.75. The molecule has 1 aromatic heterocycles. The van der Waals surface area contributed by atoms with Crippen molar-refractivity contribution in [3.63, 3.8) is 0 Å². The van der Waals surface area contributed by atoms with Gasteiger partial charge in [-0.05, 0) is 42.7 Å². The zero-order valence-corrected chi connectivity index (χ0v) is 23.7. The Kier molecular flexibility index (Phi) is 9.09. The number of hydrogen-bond donors (Lipinski definition) is 2. The molecular formula is C31H35N5O6. The summed E-state index contributed by atoms with van der Waals surface area (Å²) in [4.78, 5) is 51.3. The van der Waals surface area contributed by atoms with Crippen LogP contribution in [0.1, 0.15) is 28.5 Å². The molecule has 5 rings (SSSR count). The summed E-state index contributed by atoms with van der Waals surface area (Å²) in [6.07, 6.45) is 2.00. The number of nitrogens with one attached hydrogen (secondary N) is 2. The van der Waals surface area contributed by atoms with Crippen LogP contribution in [-0.4, -0.2) is 85.3 Å². The molecule has 0 saturated carbocycles. The summed E-state index contributed by atoms with van der Waals surface area (Å²) >= 11 is 0. The van der Waals surface area contributed by atoms with Gasteiger partial charge in [0.25, 0.3) is 5.91 Å². The number of aromatic nitrogens is 2. The molecule has 42 heavy (non-hydrogen) atoms. The second-order valence-corrected chi connectivity index (χ2v) is 10.6. The molecule has 3 atom stereocenters. The average molecular weight is 574 g/mol. The quantitative estimate of drug-likeness (QED) is 0.311. The summed E-state index contributed by atoms with van der Waals surface area (Å²) in [6, 6.07) is 16.4. The normalized spacial score (nSPS) is 19.3. The number of rotatable bonds is 12. The summed E-state index contributed by atoms with van der Waals surface area (Å²) in [5, 5.41) is 5.76. The van der Waals surface area contributed by atoms with Gasteiger partial charge in [-0.2, -0.15) is 0 Å². The largest absolute Gasteiger partial charge is 0.497 e. The molecule has 2 aliphatic rings. The van der Waals surface area contributed by atoms with Crippen LogP contribution < -0.4 is 20.3 Å². The Labute approximate surface area is 244 Å². The molecule has 0 aliphatic carbocycles. The van der Waals surface area contributed by atoms with E-state index in [0.29, 0.717) is 51.0 Å². The SMILES string of the molecule is COc1ccc(CC(NC(=O)c2ccnc(N3CCOCC3)n2)C(=O)NC(Cc2ccccc2)C(=O)C2(C)CO2)cc1. The Hall–Kier alpha value is -4.35. The highest BCUT2D eigenvalue weighted by Gasteiger charge is 2.50. The van der Waals surface area contributed by atoms with E-state index in [1.807, 2.05) is 47.4 Å². The third-order valence-electron chi connectivity index (χ3n) is 7.40. The summed E-state index contributed by atoms with van der Waals surface area (Å²) < 4.78 is 16.1. The van der Waals surface area contributed by atoms with Gasteiger partial charge in [-0.3, -0.25) is 14.4 Å². The third kappa shape index (κ3) is 7.29. The van der Waals surface area contributed by atoms with E-state index < -0.39 is 29.5 Å². The number of ether oxygens (including phenoxy) is 3. The summed E-state index contributed by atoms with van der Waals surface area (Å²) in [5.74, 6) is -0.121. The van der Waals surface area contributed by atoms with Gasteiger partial charge in [-0.25, -0.2) is 9.97 Å². The lowest BCUT2D eigenvalue weighted by molar-refractivity contribution is -0.131. The minimum atomic E-state index is -0.994. The number of epoxide rings is 1. The molecule has 0 spiro atoms. The van der Waals surface area contributed by atoms with Crippen LogP contribution in [0.2, 0.25) is 0 Å². The summed E-state index contributed by atoms with van der Waals surface area (Å²) in [6.45, 7) is 4.36. The van der Waals surface area contributed by atoms with Crippen LogP contribution in [0.3, 0.4) is 0 Å². The molecule has 3 unspecified atom stereocenters. The molecule has 2 amide bonds. The lowest BCUT2D eigenvalue weighted by Gasteiger charge is -2.27. The highest BCUT2D eigenvalue weighted by Crippen LogP contribution is 2.29. The van der Waals surface area contributed by atoms with Gasteiger partial charge < -0.3 is 29.7 Å². The number of carbonyl (C=O) groups excluding carboxylic acids is 3. The topological polar surface area (TPSA) is 135 Å². The van der Waals surface area contributed by atoms with E-state index in [-0.39, 0.29) is 17.9 Å². The number of benzene rings is 2. The van der Waals surface area contributed by atoms with Crippen molar-refractivity contribution in [2.75, 3.05) is 44.9 Å². The van der Waals surface area contributed by atoms with Crippen LogP contribution in [0.4, 0.5) is 5.95 Å². The molecule has 2 N–H and O–H groups in total. The van der Waals surface area contributed by atoms with E-state index in [1.165, 1.54) is 12.3 Å². The van der Waals surface area contributed by atoms with Crippen LogP contribution in [0.5, 0.6) is 5.75 Å². The van der Waals surface area contributed by atoms with E-state index in [4.69, 9.17) is 14.2 Å². The molecular weight excluding hydrogens is 538 g/mol. The molecule has 2 aromatic carbocycles. The minimum Gasteiger partial charge on any atom is -0.497 e. The molecule has 0 bridgehead atoms. The molecule has 0 radical (unpaired) electrons. The number of methoxy groups -OCH3 is 1. The fraction of sp³-hybridized carbons (Fsp3) is 0.387. The lowest BCUT2D eigenvalue weighted by atomic mass is 9.94. The molecule has 220 valence electrons. The standard InChI is InChI=1S/C31H35N5O6/c1-31(20-42-31)27(37)25(18-21-6-4-3-5-7-21)33-29(39)26(19-22-8-10-23(40-2)11-9-22)34-28(38)24-12-13-32-30(35-24)36-14-16-41-17-15-36/h3-13,25-26H,14-20H2,1-2H3,(H,33,39)(H,34,38). The molecule has 3 aromatic rings. The fourth-order valence-corrected chi connectivity index (χ4v) is 4.78. The van der Waals surface area contributed by atoms with Gasteiger partial charge in [0.1, 0.15) is 23.1 Å². The van der Waals surface area contributed by atoms with Gasteiger partial charge >= 0.3 is 0 Å². The first kappa shape index (κ1) is 29.2. The van der Waals surface area contributed by atoms with Gasteiger partial charge in [0.2, 0.25) is 11.9 Å². The zero-order chi connectivity index (χ0) is 29.5. The molecule has 2 aliphatic heterocycles. The Bertz CT molecular complexity index is 1390.